The van der Waals surface area contributed by atoms with E-state index in [0.717, 1.165) is 0 Å². The van der Waals surface area contributed by atoms with Crippen LogP contribution in [0.5, 0.6) is 0 Å². The molecule has 0 aromatic rings. The normalized spacial score (nSPS) is 10.2. The van der Waals surface area contributed by atoms with Gasteiger partial charge in [-0.15, -0.1) is 0 Å². The molecule has 0 aliphatic rings. The molecule has 0 fully saturated rings. The molecule has 0 N–H and O–H groups in total. The van der Waals surface area contributed by atoms with E-state index in [9.17, 15) is 0 Å². The predicted octanol–water partition coefficient (Wildman–Crippen LogP) is 2.32. The number of rotatable bonds is 9. The number of hydrogen-bond acceptors (Lipinski definition) is 0. The van der Waals surface area contributed by atoms with Crippen molar-refractivity contribution in [2.45, 2.75) is 74.3 Å². The summed E-state index contributed by atoms with van der Waals surface area (Å²) in [4.78, 5) is 0. The molecule has 0 aromatic heterocycles. The van der Waals surface area contributed by atoms with E-state index in [2.05, 4.69) is 20.8 Å². The Bertz CT molecular complexity index is 82.6. The summed E-state index contributed by atoms with van der Waals surface area (Å²) >= 11 is -0.329. The largest absolute Gasteiger partial charge is 1.00 e. The zero-order valence-corrected chi connectivity index (χ0v) is 14.7. The molecule has 0 amide bonds. The van der Waals surface area contributed by atoms with Gasteiger partial charge in [0.2, 0.25) is 0 Å². The first-order valence-electron chi connectivity index (χ1n) is 5.87. The Labute approximate surface area is 112 Å². The molecule has 0 saturated heterocycles. The van der Waals surface area contributed by atoms with Gasteiger partial charge in [0, 0.05) is 0 Å². The third-order valence-corrected chi connectivity index (χ3v) is 7.72. The molecular formula is C12H30ClPRu. The van der Waals surface area contributed by atoms with Crippen LogP contribution in [0.25, 0.3) is 0 Å². The van der Waals surface area contributed by atoms with Crippen molar-refractivity contribution in [3.63, 3.8) is 0 Å². The molecular weight excluding hydrogens is 312 g/mol. The maximum absolute atomic E-state index is 2.33. The van der Waals surface area contributed by atoms with Crippen LogP contribution in [0.3, 0.4) is 0 Å². The first-order valence-corrected chi connectivity index (χ1v) is 9.56. The van der Waals surface area contributed by atoms with Crippen LogP contribution in [-0.2, 0) is 16.0 Å². The Morgan fingerprint density at radius 3 is 1.13 bits per heavy atom. The van der Waals surface area contributed by atoms with Gasteiger partial charge in [-0.2, -0.15) is 9.90 Å². The summed E-state index contributed by atoms with van der Waals surface area (Å²) in [5.41, 5.74) is 0. The van der Waals surface area contributed by atoms with E-state index in [0.29, 0.717) is 0 Å². The van der Waals surface area contributed by atoms with Gasteiger partial charge in [0.1, 0.15) is 0 Å². The van der Waals surface area contributed by atoms with Gasteiger partial charge in [0.15, 0.2) is 0 Å². The fraction of sp³-hybridized carbons (Fsp3) is 1.00. The monoisotopic (exact) mass is 342 g/mol. The summed E-state index contributed by atoms with van der Waals surface area (Å²) in [6, 6.07) is 0. The summed E-state index contributed by atoms with van der Waals surface area (Å²) in [5.74, 6) is 0. The minimum Gasteiger partial charge on any atom is -1.00 e. The molecule has 0 rings (SSSR count). The second-order valence-corrected chi connectivity index (χ2v) is 8.84. The van der Waals surface area contributed by atoms with E-state index < -0.39 is 0 Å². The maximum atomic E-state index is 2.33. The molecule has 0 heterocycles. The summed E-state index contributed by atoms with van der Waals surface area (Å²) in [6.45, 7) is 6.98. The summed E-state index contributed by atoms with van der Waals surface area (Å²) in [5, 5.41) is 4.88. The minimum atomic E-state index is -0.329. The van der Waals surface area contributed by atoms with Crippen LogP contribution in [0.4, 0.5) is 0 Å². The molecule has 0 saturated carbocycles. The molecule has 3 heteroatoms. The van der Waals surface area contributed by atoms with E-state index in [4.69, 9.17) is 0 Å². The van der Waals surface area contributed by atoms with E-state index >= 15 is 0 Å². The second-order valence-electron chi connectivity index (χ2n) is 3.62. The van der Waals surface area contributed by atoms with Crippen LogP contribution in [0, 0.1) is 0 Å². The first-order chi connectivity index (χ1) is 6.35. The van der Waals surface area contributed by atoms with Gasteiger partial charge in [-0.25, -0.2) is 0 Å². The number of unbranched alkanes of at least 4 members (excludes halogenated alkanes) is 3. The Hall–Kier alpha value is 1.34. The molecule has 98 valence electrons. The van der Waals surface area contributed by atoms with Crippen molar-refractivity contribution in [1.82, 2.24) is 0 Å². The molecule has 0 aliphatic carbocycles. The van der Waals surface area contributed by atoms with Crippen molar-refractivity contribution in [2.24, 2.45) is 0 Å². The second kappa shape index (κ2) is 17.7. The fourth-order valence-electron chi connectivity index (χ4n) is 1.17. The van der Waals surface area contributed by atoms with Crippen LogP contribution in [-0.4, -0.2) is 0 Å². The molecule has 1 atom stereocenters. The van der Waals surface area contributed by atoms with Crippen LogP contribution >= 0.6 is 9.90 Å². The fourth-order valence-corrected chi connectivity index (χ4v) is 6.92. The molecule has 0 bridgehead atoms. The Morgan fingerprint density at radius 2 is 0.933 bits per heavy atom. The molecule has 0 spiro atoms. The quantitative estimate of drug-likeness (QED) is 0.446. The van der Waals surface area contributed by atoms with Crippen LogP contribution in [0.15, 0.2) is 0 Å². The van der Waals surface area contributed by atoms with Crippen molar-refractivity contribution >= 4 is 9.90 Å². The average Bonchev–Trinajstić information content (AvgIpc) is 2.17. The molecule has 0 aromatic carbocycles. The van der Waals surface area contributed by atoms with E-state index in [1.54, 1.807) is 15.0 Å². The smallest absolute Gasteiger partial charge is 0.153 e. The average molecular weight is 342 g/mol. The number of halogens is 1. The number of hydrogen-bond donors (Lipinski definition) is 0. The predicted molar refractivity (Wildman–Crippen MR) is 70.3 cm³/mol. The zero-order valence-electron chi connectivity index (χ0n) is 10.8. The molecule has 0 aliphatic heterocycles. The standard InChI is InChI=1S/3C4H9.ClH.H3P.Ru/c3*1-3-4-2;;;/h3*1,3-4H2,2H3;1H;1H3;/q;;;;;+1/p-1. The summed E-state index contributed by atoms with van der Waals surface area (Å²) in [7, 11) is 0. The topological polar surface area (TPSA) is 0 Å². The summed E-state index contributed by atoms with van der Waals surface area (Å²) < 4.78 is 0. The van der Waals surface area contributed by atoms with Gasteiger partial charge < -0.3 is 12.4 Å². The zero-order chi connectivity index (χ0) is 9.94. The summed E-state index contributed by atoms with van der Waals surface area (Å²) in [6.07, 6.45) is 8.74. The third kappa shape index (κ3) is 15.3. The Balaban J connectivity index is -0.000000720. The van der Waals surface area contributed by atoms with Gasteiger partial charge in [0.25, 0.3) is 0 Å². The SMILES string of the molecule is CCC[CH2][Ru+]([CH2]CCC)[CH2]CCC.P.[Cl-]. The van der Waals surface area contributed by atoms with Crippen molar-refractivity contribution in [3.05, 3.63) is 0 Å². The molecule has 15 heavy (non-hydrogen) atoms. The van der Waals surface area contributed by atoms with Gasteiger partial charge in [0.05, 0.1) is 0 Å². The minimum absolute atomic E-state index is 0. The molecule has 1 unspecified atom stereocenters. The van der Waals surface area contributed by atoms with E-state index in [1.165, 1.54) is 38.5 Å². The van der Waals surface area contributed by atoms with Crippen LogP contribution in [0.1, 0.15) is 59.3 Å². The maximum Gasteiger partial charge on any atom is -0.153 e. The van der Waals surface area contributed by atoms with Crippen LogP contribution < -0.4 is 12.4 Å². The van der Waals surface area contributed by atoms with Gasteiger partial charge in [-0.3, -0.25) is 0 Å². The Morgan fingerprint density at radius 1 is 0.667 bits per heavy atom. The van der Waals surface area contributed by atoms with Gasteiger partial charge in [-0.05, 0) is 0 Å². The molecule has 0 nitrogen and oxygen atoms in total. The van der Waals surface area contributed by atoms with E-state index in [-0.39, 0.29) is 38.3 Å². The molecule has 0 radical (unpaired) electrons. The van der Waals surface area contributed by atoms with Crippen LogP contribution in [0.2, 0.25) is 15.0 Å². The van der Waals surface area contributed by atoms with Crippen molar-refractivity contribution in [2.75, 3.05) is 0 Å². The van der Waals surface area contributed by atoms with Gasteiger partial charge >= 0.3 is 90.3 Å². The first kappa shape index (κ1) is 21.6. The van der Waals surface area contributed by atoms with Crippen molar-refractivity contribution in [3.8, 4) is 0 Å². The van der Waals surface area contributed by atoms with Crippen molar-refractivity contribution in [1.29, 1.82) is 0 Å². The Kier molecular flexibility index (Phi) is 25.5. The van der Waals surface area contributed by atoms with E-state index in [1.807, 2.05) is 0 Å². The third-order valence-electron chi connectivity index (χ3n) is 2.19. The van der Waals surface area contributed by atoms with Gasteiger partial charge in [-0.1, -0.05) is 0 Å². The van der Waals surface area contributed by atoms with Crippen molar-refractivity contribution < 1.29 is 28.4 Å².